The van der Waals surface area contributed by atoms with Gasteiger partial charge >= 0.3 is 0 Å². The van der Waals surface area contributed by atoms with Gasteiger partial charge in [-0.15, -0.1) is 0 Å². The lowest BCUT2D eigenvalue weighted by atomic mass is 10.6. The van der Waals surface area contributed by atoms with Gasteiger partial charge in [0, 0.05) is 0 Å². The first-order chi connectivity index (χ1) is 5.69. The molecule has 0 saturated carbocycles. The smallest absolute Gasteiger partial charge is 0.232 e. The first kappa shape index (κ1) is 10.3. The number of ether oxygens (including phenoxy) is 1. The molecular formula is C6H6ClIN2OS. The van der Waals surface area contributed by atoms with Gasteiger partial charge in [-0.05, 0) is 28.8 Å². The Kier molecular flexibility index (Phi) is 3.85. The van der Waals surface area contributed by atoms with Crippen LogP contribution >= 0.6 is 46.0 Å². The van der Waals surface area contributed by atoms with E-state index in [1.807, 2.05) is 28.8 Å². The topological polar surface area (TPSA) is 35.0 Å². The van der Waals surface area contributed by atoms with Gasteiger partial charge in [0.2, 0.25) is 5.88 Å². The second-order valence-corrected chi connectivity index (χ2v) is 4.03. The van der Waals surface area contributed by atoms with E-state index in [9.17, 15) is 0 Å². The Hall–Kier alpha value is 0.250. The van der Waals surface area contributed by atoms with E-state index in [-0.39, 0.29) is 0 Å². The van der Waals surface area contributed by atoms with Gasteiger partial charge in [-0.25, -0.2) is 4.98 Å². The van der Waals surface area contributed by atoms with Crippen LogP contribution in [0.4, 0.5) is 0 Å². The number of nitrogens with zero attached hydrogens (tertiary/aromatic N) is 2. The first-order valence-electron chi connectivity index (χ1n) is 3.00. The number of aromatic nitrogens is 2. The second-order valence-electron chi connectivity index (χ2n) is 1.82. The molecule has 0 aliphatic rings. The van der Waals surface area contributed by atoms with Crippen LogP contribution in [0.5, 0.6) is 5.88 Å². The quantitative estimate of drug-likeness (QED) is 0.363. The molecule has 0 aromatic carbocycles. The summed E-state index contributed by atoms with van der Waals surface area (Å²) in [5.41, 5.74) is 0. The van der Waals surface area contributed by atoms with Gasteiger partial charge in [0.1, 0.15) is 3.57 Å². The van der Waals surface area contributed by atoms with Crippen LogP contribution < -0.4 is 4.74 Å². The SMILES string of the molecule is COc1nc(SC)nc(Cl)c1I. The zero-order chi connectivity index (χ0) is 9.14. The largest absolute Gasteiger partial charge is 0.480 e. The highest BCUT2D eigenvalue weighted by atomic mass is 127. The molecule has 6 heteroatoms. The van der Waals surface area contributed by atoms with Crippen molar-refractivity contribution in [2.45, 2.75) is 5.16 Å². The van der Waals surface area contributed by atoms with Crippen molar-refractivity contribution in [1.82, 2.24) is 9.97 Å². The van der Waals surface area contributed by atoms with Crippen LogP contribution in [0.3, 0.4) is 0 Å². The maximum absolute atomic E-state index is 5.82. The average molecular weight is 317 g/mol. The zero-order valence-electron chi connectivity index (χ0n) is 6.47. The lowest BCUT2D eigenvalue weighted by molar-refractivity contribution is 0.389. The van der Waals surface area contributed by atoms with Crippen molar-refractivity contribution in [2.75, 3.05) is 13.4 Å². The molecular weight excluding hydrogens is 311 g/mol. The second kappa shape index (κ2) is 4.48. The molecule has 0 unspecified atom stereocenters. The third kappa shape index (κ3) is 2.14. The fraction of sp³-hybridized carbons (Fsp3) is 0.333. The van der Waals surface area contributed by atoms with Crippen LogP contribution in [-0.4, -0.2) is 23.3 Å². The Morgan fingerprint density at radius 1 is 1.50 bits per heavy atom. The van der Waals surface area contributed by atoms with Crippen LogP contribution in [0.25, 0.3) is 0 Å². The molecule has 0 amide bonds. The standard InChI is InChI=1S/C6H6ClIN2OS/c1-11-5-3(8)4(7)9-6(10-5)12-2/h1-2H3. The van der Waals surface area contributed by atoms with E-state index in [1.54, 1.807) is 7.11 Å². The summed E-state index contributed by atoms with van der Waals surface area (Å²) in [5.74, 6) is 0.528. The molecule has 0 radical (unpaired) electrons. The van der Waals surface area contributed by atoms with E-state index < -0.39 is 0 Å². The zero-order valence-corrected chi connectivity index (χ0v) is 10.2. The van der Waals surface area contributed by atoms with Crippen LogP contribution in [0.1, 0.15) is 0 Å². The van der Waals surface area contributed by atoms with Crippen LogP contribution in [-0.2, 0) is 0 Å². The van der Waals surface area contributed by atoms with Crippen molar-refractivity contribution in [2.24, 2.45) is 0 Å². The number of rotatable bonds is 2. The minimum absolute atomic E-state index is 0.437. The third-order valence-electron chi connectivity index (χ3n) is 1.14. The Morgan fingerprint density at radius 2 is 2.17 bits per heavy atom. The fourth-order valence-corrected chi connectivity index (χ4v) is 1.64. The molecule has 66 valence electrons. The molecule has 12 heavy (non-hydrogen) atoms. The molecule has 0 fully saturated rings. The van der Waals surface area contributed by atoms with Gasteiger partial charge in [-0.1, -0.05) is 23.4 Å². The summed E-state index contributed by atoms with van der Waals surface area (Å²) in [4.78, 5) is 8.14. The summed E-state index contributed by atoms with van der Waals surface area (Å²) in [6.07, 6.45) is 1.89. The Bertz CT molecular complexity index is 297. The molecule has 1 heterocycles. The predicted octanol–water partition coefficient (Wildman–Crippen LogP) is 2.47. The maximum Gasteiger partial charge on any atom is 0.232 e. The highest BCUT2D eigenvalue weighted by molar-refractivity contribution is 14.1. The summed E-state index contributed by atoms with van der Waals surface area (Å²) >= 11 is 9.30. The molecule has 1 rings (SSSR count). The number of halogens is 2. The van der Waals surface area contributed by atoms with Crippen LogP contribution in [0.15, 0.2) is 5.16 Å². The Morgan fingerprint density at radius 3 is 2.67 bits per heavy atom. The van der Waals surface area contributed by atoms with Gasteiger partial charge in [0.15, 0.2) is 10.3 Å². The van der Waals surface area contributed by atoms with Gasteiger partial charge in [-0.2, -0.15) is 4.98 Å². The van der Waals surface area contributed by atoms with E-state index >= 15 is 0 Å². The summed E-state index contributed by atoms with van der Waals surface area (Å²) in [5, 5.41) is 1.06. The van der Waals surface area contributed by atoms with Crippen molar-refractivity contribution in [3.05, 3.63) is 8.72 Å². The van der Waals surface area contributed by atoms with Gasteiger partial charge in [0.05, 0.1) is 7.11 Å². The Balaban J connectivity index is 3.19. The lowest BCUT2D eigenvalue weighted by Gasteiger charge is -2.04. The van der Waals surface area contributed by atoms with E-state index in [1.165, 1.54) is 11.8 Å². The summed E-state index contributed by atoms with van der Waals surface area (Å²) in [6, 6.07) is 0. The molecule has 3 nitrogen and oxygen atoms in total. The molecule has 0 spiro atoms. The number of thioether (sulfide) groups is 1. The van der Waals surface area contributed by atoms with Crippen molar-refractivity contribution in [3.8, 4) is 5.88 Å². The fourth-order valence-electron chi connectivity index (χ4n) is 0.609. The maximum atomic E-state index is 5.82. The molecule has 1 aromatic heterocycles. The van der Waals surface area contributed by atoms with Crippen molar-refractivity contribution in [1.29, 1.82) is 0 Å². The minimum atomic E-state index is 0.437. The molecule has 0 atom stereocenters. The van der Waals surface area contributed by atoms with Crippen molar-refractivity contribution in [3.63, 3.8) is 0 Å². The lowest BCUT2D eigenvalue weighted by Crippen LogP contribution is -1.96. The molecule has 0 N–H and O–H groups in total. The van der Waals surface area contributed by atoms with E-state index in [0.717, 1.165) is 3.57 Å². The summed E-state index contributed by atoms with van der Waals surface area (Å²) in [7, 11) is 1.56. The number of hydrogen-bond donors (Lipinski definition) is 0. The normalized spacial score (nSPS) is 10.0. The average Bonchev–Trinajstić information content (AvgIpc) is 2.09. The molecule has 0 aliphatic heterocycles. The van der Waals surface area contributed by atoms with E-state index in [4.69, 9.17) is 16.3 Å². The summed E-state index contributed by atoms with van der Waals surface area (Å²) in [6.45, 7) is 0. The molecule has 0 bridgehead atoms. The van der Waals surface area contributed by atoms with Gasteiger partial charge in [-0.3, -0.25) is 0 Å². The van der Waals surface area contributed by atoms with E-state index in [0.29, 0.717) is 16.2 Å². The van der Waals surface area contributed by atoms with Crippen molar-refractivity contribution < 1.29 is 4.74 Å². The molecule has 0 saturated heterocycles. The van der Waals surface area contributed by atoms with Crippen LogP contribution in [0, 0.1) is 3.57 Å². The van der Waals surface area contributed by atoms with E-state index in [2.05, 4.69) is 9.97 Å². The van der Waals surface area contributed by atoms with Crippen LogP contribution in [0.2, 0.25) is 5.15 Å². The number of methoxy groups -OCH3 is 1. The molecule has 1 aromatic rings. The Labute approximate surface area is 93.4 Å². The monoisotopic (exact) mass is 316 g/mol. The third-order valence-corrected chi connectivity index (χ3v) is 3.25. The highest BCUT2D eigenvalue weighted by Crippen LogP contribution is 2.26. The first-order valence-corrected chi connectivity index (χ1v) is 5.68. The van der Waals surface area contributed by atoms with Gasteiger partial charge in [0.25, 0.3) is 0 Å². The minimum Gasteiger partial charge on any atom is -0.480 e. The van der Waals surface area contributed by atoms with Crippen molar-refractivity contribution >= 4 is 46.0 Å². The summed E-state index contributed by atoms with van der Waals surface area (Å²) < 4.78 is 5.76. The van der Waals surface area contributed by atoms with Gasteiger partial charge < -0.3 is 4.74 Å². The molecule has 0 aliphatic carbocycles. The highest BCUT2D eigenvalue weighted by Gasteiger charge is 2.09. The predicted molar refractivity (Wildman–Crippen MR) is 58.1 cm³/mol. The number of hydrogen-bond acceptors (Lipinski definition) is 4.